The summed E-state index contributed by atoms with van der Waals surface area (Å²) in [5.41, 5.74) is 7.75. The van der Waals surface area contributed by atoms with Gasteiger partial charge in [0.2, 0.25) is 5.91 Å². The highest BCUT2D eigenvalue weighted by atomic mass is 16.2. The Kier molecular flexibility index (Phi) is 5.76. The van der Waals surface area contributed by atoms with Crippen LogP contribution in [0, 0.1) is 0 Å². The average molecular weight is 289 g/mol. The Morgan fingerprint density at radius 2 is 2.00 bits per heavy atom. The largest absolute Gasteiger partial charge is 0.344 e. The van der Waals surface area contributed by atoms with Crippen molar-refractivity contribution in [2.75, 3.05) is 26.7 Å². The first kappa shape index (κ1) is 16.0. The van der Waals surface area contributed by atoms with Crippen LogP contribution < -0.4 is 5.73 Å². The van der Waals surface area contributed by atoms with Crippen LogP contribution in [0.1, 0.15) is 30.9 Å². The third kappa shape index (κ3) is 4.29. The smallest absolute Gasteiger partial charge is 0.226 e. The fourth-order valence-corrected chi connectivity index (χ4v) is 3.04. The quantitative estimate of drug-likeness (QED) is 0.866. The molecule has 0 aromatic heterocycles. The number of likely N-dealkylation sites (N-methyl/N-ethyl adjacent to an activating group) is 2. The Morgan fingerprint density at radius 3 is 2.62 bits per heavy atom. The lowest BCUT2D eigenvalue weighted by molar-refractivity contribution is -0.129. The van der Waals surface area contributed by atoms with E-state index in [2.05, 4.69) is 11.8 Å². The highest BCUT2D eigenvalue weighted by molar-refractivity contribution is 5.78. The summed E-state index contributed by atoms with van der Waals surface area (Å²) >= 11 is 0. The van der Waals surface area contributed by atoms with Gasteiger partial charge >= 0.3 is 0 Å². The van der Waals surface area contributed by atoms with E-state index in [1.54, 1.807) is 0 Å². The van der Waals surface area contributed by atoms with Gasteiger partial charge in [-0.1, -0.05) is 31.2 Å². The molecule has 1 heterocycles. The van der Waals surface area contributed by atoms with Gasteiger partial charge in [0.1, 0.15) is 0 Å². The number of nitrogens with two attached hydrogens (primary N) is 1. The summed E-state index contributed by atoms with van der Waals surface area (Å²) < 4.78 is 0. The maximum absolute atomic E-state index is 12.3. The Balaban J connectivity index is 1.86. The lowest BCUT2D eigenvalue weighted by Crippen LogP contribution is -2.41. The van der Waals surface area contributed by atoms with Gasteiger partial charge in [0, 0.05) is 26.2 Å². The summed E-state index contributed by atoms with van der Waals surface area (Å²) in [6.45, 7) is 5.83. The van der Waals surface area contributed by atoms with Gasteiger partial charge in [-0.2, -0.15) is 0 Å². The number of hydrogen-bond acceptors (Lipinski definition) is 3. The fourth-order valence-electron chi connectivity index (χ4n) is 3.04. The summed E-state index contributed by atoms with van der Waals surface area (Å²) in [6.07, 6.45) is 2.93. The Morgan fingerprint density at radius 1 is 1.33 bits per heavy atom. The number of carbonyl (C=O) groups excluding carboxylic acids is 1. The predicted octanol–water partition coefficient (Wildman–Crippen LogP) is 1.63. The maximum atomic E-state index is 12.3. The minimum Gasteiger partial charge on any atom is -0.344 e. The van der Waals surface area contributed by atoms with E-state index < -0.39 is 0 Å². The summed E-state index contributed by atoms with van der Waals surface area (Å²) in [5.74, 6) is 0.193. The van der Waals surface area contributed by atoms with Gasteiger partial charge in [0.25, 0.3) is 0 Å². The molecule has 1 atom stereocenters. The van der Waals surface area contributed by atoms with Crippen molar-refractivity contribution >= 4 is 5.91 Å². The number of carbonyl (C=O) groups is 1. The van der Waals surface area contributed by atoms with Gasteiger partial charge < -0.3 is 10.6 Å². The molecule has 1 aromatic rings. The van der Waals surface area contributed by atoms with E-state index in [9.17, 15) is 4.79 Å². The Bertz CT molecular complexity index is 458. The van der Waals surface area contributed by atoms with Crippen molar-refractivity contribution in [3.8, 4) is 0 Å². The Labute approximate surface area is 127 Å². The maximum Gasteiger partial charge on any atom is 0.226 e. The van der Waals surface area contributed by atoms with Gasteiger partial charge in [-0.05, 0) is 37.1 Å². The van der Waals surface area contributed by atoms with Gasteiger partial charge in [0.15, 0.2) is 0 Å². The summed E-state index contributed by atoms with van der Waals surface area (Å²) in [7, 11) is 1.92. The first-order valence-corrected chi connectivity index (χ1v) is 7.90. The zero-order chi connectivity index (χ0) is 15.2. The SMILES string of the molecule is CCN1CCCC1CN(C)C(=O)Cc1ccc(CN)cc1. The zero-order valence-electron chi connectivity index (χ0n) is 13.2. The van der Waals surface area contributed by atoms with E-state index >= 15 is 0 Å². The van der Waals surface area contributed by atoms with Crippen LogP contribution in [0.15, 0.2) is 24.3 Å². The average Bonchev–Trinajstić information content (AvgIpc) is 2.95. The van der Waals surface area contributed by atoms with Gasteiger partial charge in [-0.25, -0.2) is 0 Å². The zero-order valence-corrected chi connectivity index (χ0v) is 13.2. The molecule has 0 saturated carbocycles. The first-order valence-electron chi connectivity index (χ1n) is 7.90. The van der Waals surface area contributed by atoms with Crippen LogP contribution in [0.3, 0.4) is 0 Å². The van der Waals surface area contributed by atoms with E-state index in [1.807, 2.05) is 36.2 Å². The van der Waals surface area contributed by atoms with Crippen LogP contribution in [0.25, 0.3) is 0 Å². The highest BCUT2D eigenvalue weighted by Gasteiger charge is 2.25. The van der Waals surface area contributed by atoms with E-state index in [-0.39, 0.29) is 5.91 Å². The van der Waals surface area contributed by atoms with Crippen molar-refractivity contribution in [3.63, 3.8) is 0 Å². The number of amides is 1. The second-order valence-corrected chi connectivity index (χ2v) is 5.90. The topological polar surface area (TPSA) is 49.6 Å². The van der Waals surface area contributed by atoms with Gasteiger partial charge in [-0.3, -0.25) is 9.69 Å². The van der Waals surface area contributed by atoms with Crippen molar-refractivity contribution < 1.29 is 4.79 Å². The summed E-state index contributed by atoms with van der Waals surface area (Å²) in [4.78, 5) is 16.7. The normalized spacial score (nSPS) is 18.9. The molecule has 2 N–H and O–H groups in total. The van der Waals surface area contributed by atoms with Crippen molar-refractivity contribution in [1.29, 1.82) is 0 Å². The summed E-state index contributed by atoms with van der Waals surface area (Å²) in [5, 5.41) is 0. The van der Waals surface area contributed by atoms with Gasteiger partial charge in [-0.15, -0.1) is 0 Å². The lowest BCUT2D eigenvalue weighted by atomic mass is 10.1. The minimum atomic E-state index is 0.193. The second kappa shape index (κ2) is 7.57. The fraction of sp³-hybridized carbons (Fsp3) is 0.588. The van der Waals surface area contributed by atoms with Crippen LogP contribution in [0.2, 0.25) is 0 Å². The molecule has 116 valence electrons. The standard InChI is InChI=1S/C17H27N3O/c1-3-20-10-4-5-16(20)13-19(2)17(21)11-14-6-8-15(12-18)9-7-14/h6-9,16H,3-5,10-13,18H2,1-2H3. The molecule has 0 aliphatic carbocycles. The van der Waals surface area contributed by atoms with Crippen molar-refractivity contribution in [3.05, 3.63) is 35.4 Å². The molecule has 0 spiro atoms. The predicted molar refractivity (Wildman–Crippen MR) is 85.9 cm³/mol. The molecule has 1 aliphatic heterocycles. The third-order valence-corrected chi connectivity index (χ3v) is 4.43. The van der Waals surface area contributed by atoms with Crippen LogP contribution in [0.5, 0.6) is 0 Å². The molecule has 1 fully saturated rings. The van der Waals surface area contributed by atoms with Crippen LogP contribution in [-0.2, 0) is 17.8 Å². The highest BCUT2D eigenvalue weighted by Crippen LogP contribution is 2.17. The molecular weight excluding hydrogens is 262 g/mol. The molecule has 1 saturated heterocycles. The number of hydrogen-bond donors (Lipinski definition) is 1. The number of benzene rings is 1. The van der Waals surface area contributed by atoms with Gasteiger partial charge in [0.05, 0.1) is 6.42 Å². The van der Waals surface area contributed by atoms with Crippen LogP contribution in [0.4, 0.5) is 0 Å². The molecule has 1 aromatic carbocycles. The second-order valence-electron chi connectivity index (χ2n) is 5.90. The molecule has 2 rings (SSSR count). The molecule has 4 heteroatoms. The molecule has 1 unspecified atom stereocenters. The van der Waals surface area contributed by atoms with Crippen LogP contribution >= 0.6 is 0 Å². The van der Waals surface area contributed by atoms with E-state index in [0.29, 0.717) is 19.0 Å². The molecule has 0 radical (unpaired) electrons. The van der Waals surface area contributed by atoms with Crippen molar-refractivity contribution in [2.45, 2.75) is 38.8 Å². The monoisotopic (exact) mass is 289 g/mol. The minimum absolute atomic E-state index is 0.193. The molecule has 0 bridgehead atoms. The first-order chi connectivity index (χ1) is 10.1. The number of rotatable bonds is 6. The van der Waals surface area contributed by atoms with E-state index in [1.165, 1.54) is 19.4 Å². The van der Waals surface area contributed by atoms with Crippen molar-refractivity contribution in [1.82, 2.24) is 9.80 Å². The summed E-state index contributed by atoms with van der Waals surface area (Å²) in [6, 6.07) is 8.53. The molecule has 1 amide bonds. The molecular formula is C17H27N3O. The molecule has 1 aliphatic rings. The molecule has 21 heavy (non-hydrogen) atoms. The number of nitrogens with zero attached hydrogens (tertiary/aromatic N) is 2. The molecule has 4 nitrogen and oxygen atoms in total. The number of likely N-dealkylation sites (tertiary alicyclic amines) is 1. The Hall–Kier alpha value is -1.39. The van der Waals surface area contributed by atoms with Crippen LogP contribution in [-0.4, -0.2) is 48.4 Å². The lowest BCUT2D eigenvalue weighted by Gasteiger charge is -2.27. The third-order valence-electron chi connectivity index (χ3n) is 4.43. The van der Waals surface area contributed by atoms with E-state index in [4.69, 9.17) is 5.73 Å². The van der Waals surface area contributed by atoms with Crippen molar-refractivity contribution in [2.24, 2.45) is 5.73 Å². The van der Waals surface area contributed by atoms with E-state index in [0.717, 1.165) is 24.2 Å².